The second kappa shape index (κ2) is 4.87. The van der Waals surface area contributed by atoms with E-state index in [0.717, 1.165) is 16.8 Å². The van der Waals surface area contributed by atoms with Crippen molar-refractivity contribution < 1.29 is 9.21 Å². The lowest BCUT2D eigenvalue weighted by atomic mass is 10.3. The van der Waals surface area contributed by atoms with E-state index in [1.807, 2.05) is 42.4 Å². The first-order valence-electron chi connectivity index (χ1n) is 7.10. The number of piperazine rings is 1. The van der Waals surface area contributed by atoms with Crippen LogP contribution in [0.4, 0.5) is 11.7 Å². The van der Waals surface area contributed by atoms with Crippen LogP contribution in [0, 0.1) is 0 Å². The fraction of sp³-hybridized carbons (Fsp3) is 0.267. The number of fused-ring (bicyclic) bond motifs is 1. The SMILES string of the molecule is Cn1cc(N2CCN(c3nc4ccccc4o3)CC2=O)cn1. The summed E-state index contributed by atoms with van der Waals surface area (Å²) in [4.78, 5) is 20.4. The average molecular weight is 297 g/mol. The predicted molar refractivity (Wildman–Crippen MR) is 81.8 cm³/mol. The van der Waals surface area contributed by atoms with Gasteiger partial charge in [-0.3, -0.25) is 9.48 Å². The van der Waals surface area contributed by atoms with E-state index in [4.69, 9.17) is 4.42 Å². The van der Waals surface area contributed by atoms with Gasteiger partial charge in [-0.1, -0.05) is 12.1 Å². The summed E-state index contributed by atoms with van der Waals surface area (Å²) in [6.07, 6.45) is 3.54. The zero-order valence-corrected chi connectivity index (χ0v) is 12.1. The largest absolute Gasteiger partial charge is 0.423 e. The minimum absolute atomic E-state index is 0.0153. The van der Waals surface area contributed by atoms with E-state index in [0.29, 0.717) is 19.1 Å². The maximum absolute atomic E-state index is 12.4. The molecule has 4 rings (SSSR count). The van der Waals surface area contributed by atoms with E-state index in [1.54, 1.807) is 15.8 Å². The Balaban J connectivity index is 1.56. The van der Waals surface area contributed by atoms with Gasteiger partial charge in [0.2, 0.25) is 5.91 Å². The highest BCUT2D eigenvalue weighted by Gasteiger charge is 2.28. The number of hydrogen-bond acceptors (Lipinski definition) is 5. The number of para-hydroxylation sites is 2. The molecular formula is C15H15N5O2. The van der Waals surface area contributed by atoms with Crippen molar-refractivity contribution in [3.8, 4) is 0 Å². The fourth-order valence-electron chi connectivity index (χ4n) is 2.65. The Morgan fingerprint density at radius 2 is 2.09 bits per heavy atom. The first-order chi connectivity index (χ1) is 10.7. The van der Waals surface area contributed by atoms with Crippen LogP contribution in [-0.2, 0) is 11.8 Å². The molecule has 0 unspecified atom stereocenters. The molecule has 0 atom stereocenters. The molecule has 1 aliphatic heterocycles. The molecule has 0 bridgehead atoms. The summed E-state index contributed by atoms with van der Waals surface area (Å²) in [6.45, 7) is 1.51. The molecule has 1 aromatic carbocycles. The molecule has 3 aromatic rings. The molecule has 0 radical (unpaired) electrons. The second-order valence-electron chi connectivity index (χ2n) is 5.30. The van der Waals surface area contributed by atoms with E-state index in [-0.39, 0.29) is 12.5 Å². The van der Waals surface area contributed by atoms with Gasteiger partial charge in [-0.15, -0.1) is 0 Å². The van der Waals surface area contributed by atoms with Crippen LogP contribution in [0.25, 0.3) is 11.1 Å². The highest BCUT2D eigenvalue weighted by Crippen LogP contribution is 2.24. The van der Waals surface area contributed by atoms with Crippen LogP contribution in [0.15, 0.2) is 41.1 Å². The van der Waals surface area contributed by atoms with Gasteiger partial charge in [-0.25, -0.2) is 0 Å². The fourth-order valence-corrected chi connectivity index (χ4v) is 2.65. The first kappa shape index (κ1) is 12.9. The minimum Gasteiger partial charge on any atom is -0.423 e. The molecule has 0 saturated carbocycles. The summed E-state index contributed by atoms with van der Waals surface area (Å²) in [6, 6.07) is 8.10. The molecule has 1 fully saturated rings. The Morgan fingerprint density at radius 1 is 1.23 bits per heavy atom. The van der Waals surface area contributed by atoms with Crippen molar-refractivity contribution in [1.29, 1.82) is 0 Å². The van der Waals surface area contributed by atoms with Crippen LogP contribution >= 0.6 is 0 Å². The quantitative estimate of drug-likeness (QED) is 0.715. The van der Waals surface area contributed by atoms with Gasteiger partial charge in [-0.05, 0) is 12.1 Å². The monoisotopic (exact) mass is 297 g/mol. The summed E-state index contributed by atoms with van der Waals surface area (Å²) in [5.74, 6) is 0.0153. The van der Waals surface area contributed by atoms with Crippen LogP contribution in [0.2, 0.25) is 0 Å². The van der Waals surface area contributed by atoms with Crippen molar-refractivity contribution in [2.45, 2.75) is 0 Å². The second-order valence-corrected chi connectivity index (χ2v) is 5.30. The molecule has 1 amide bonds. The topological polar surface area (TPSA) is 67.4 Å². The lowest BCUT2D eigenvalue weighted by molar-refractivity contribution is -0.118. The number of hydrogen-bond donors (Lipinski definition) is 0. The van der Waals surface area contributed by atoms with Crippen LogP contribution in [0.3, 0.4) is 0 Å². The number of benzene rings is 1. The van der Waals surface area contributed by atoms with Crippen molar-refractivity contribution in [2.24, 2.45) is 7.05 Å². The van der Waals surface area contributed by atoms with Crippen LogP contribution in [0.5, 0.6) is 0 Å². The molecule has 0 spiro atoms. The third-order valence-corrected chi connectivity index (χ3v) is 3.78. The summed E-state index contributed by atoms with van der Waals surface area (Å²) < 4.78 is 7.42. The van der Waals surface area contributed by atoms with Gasteiger partial charge in [0, 0.05) is 26.3 Å². The summed E-state index contributed by atoms with van der Waals surface area (Å²) in [7, 11) is 1.84. The summed E-state index contributed by atoms with van der Waals surface area (Å²) in [5.41, 5.74) is 2.36. The Kier molecular flexibility index (Phi) is 2.85. The number of oxazole rings is 1. The molecular weight excluding hydrogens is 282 g/mol. The number of carbonyl (C=O) groups is 1. The average Bonchev–Trinajstić information content (AvgIpc) is 3.13. The van der Waals surface area contributed by atoms with Crippen molar-refractivity contribution in [2.75, 3.05) is 29.4 Å². The Hall–Kier alpha value is -2.83. The first-order valence-corrected chi connectivity index (χ1v) is 7.10. The normalized spacial score (nSPS) is 15.8. The summed E-state index contributed by atoms with van der Waals surface area (Å²) in [5, 5.41) is 4.11. The van der Waals surface area contributed by atoms with Gasteiger partial charge in [-0.2, -0.15) is 10.1 Å². The molecule has 22 heavy (non-hydrogen) atoms. The smallest absolute Gasteiger partial charge is 0.298 e. The number of anilines is 2. The molecule has 7 nitrogen and oxygen atoms in total. The van der Waals surface area contributed by atoms with Gasteiger partial charge in [0.05, 0.1) is 11.9 Å². The molecule has 7 heteroatoms. The van der Waals surface area contributed by atoms with Crippen molar-refractivity contribution in [3.63, 3.8) is 0 Å². The van der Waals surface area contributed by atoms with Crippen LogP contribution in [-0.4, -0.2) is 40.3 Å². The Labute approximate surface area is 126 Å². The molecule has 112 valence electrons. The Morgan fingerprint density at radius 3 is 2.82 bits per heavy atom. The van der Waals surface area contributed by atoms with Gasteiger partial charge in [0.25, 0.3) is 6.01 Å². The predicted octanol–water partition coefficient (Wildman–Crippen LogP) is 1.41. The van der Waals surface area contributed by atoms with Gasteiger partial charge < -0.3 is 14.2 Å². The lowest BCUT2D eigenvalue weighted by Crippen LogP contribution is -2.50. The highest BCUT2D eigenvalue weighted by molar-refractivity contribution is 5.97. The zero-order valence-electron chi connectivity index (χ0n) is 12.1. The third-order valence-electron chi connectivity index (χ3n) is 3.78. The van der Waals surface area contributed by atoms with E-state index >= 15 is 0 Å². The Bertz CT molecular complexity index is 804. The van der Waals surface area contributed by atoms with E-state index in [1.165, 1.54) is 0 Å². The maximum atomic E-state index is 12.4. The van der Waals surface area contributed by atoms with Crippen LogP contribution in [0.1, 0.15) is 0 Å². The van der Waals surface area contributed by atoms with E-state index < -0.39 is 0 Å². The highest BCUT2D eigenvalue weighted by atomic mass is 16.4. The van der Waals surface area contributed by atoms with E-state index in [2.05, 4.69) is 10.1 Å². The molecule has 0 aliphatic carbocycles. The van der Waals surface area contributed by atoms with Crippen LogP contribution < -0.4 is 9.80 Å². The van der Waals surface area contributed by atoms with Gasteiger partial charge in [0.1, 0.15) is 12.1 Å². The summed E-state index contributed by atoms with van der Waals surface area (Å²) >= 11 is 0. The molecule has 2 aromatic heterocycles. The number of aryl methyl sites for hydroxylation is 1. The lowest BCUT2D eigenvalue weighted by Gasteiger charge is -2.32. The van der Waals surface area contributed by atoms with Gasteiger partial charge >= 0.3 is 0 Å². The van der Waals surface area contributed by atoms with E-state index in [9.17, 15) is 4.79 Å². The van der Waals surface area contributed by atoms with Crippen molar-refractivity contribution in [1.82, 2.24) is 14.8 Å². The third kappa shape index (κ3) is 2.11. The number of rotatable bonds is 2. The molecule has 0 N–H and O–H groups in total. The minimum atomic E-state index is 0.0153. The van der Waals surface area contributed by atoms with Gasteiger partial charge in [0.15, 0.2) is 5.58 Å². The number of nitrogens with zero attached hydrogens (tertiary/aromatic N) is 5. The van der Waals surface area contributed by atoms with Crippen molar-refractivity contribution >= 4 is 28.7 Å². The maximum Gasteiger partial charge on any atom is 0.298 e. The molecule has 3 heterocycles. The number of amides is 1. The van der Waals surface area contributed by atoms with Crippen molar-refractivity contribution in [3.05, 3.63) is 36.7 Å². The zero-order chi connectivity index (χ0) is 15.1. The molecule has 1 saturated heterocycles. The molecule has 1 aliphatic rings. The number of aromatic nitrogens is 3. The standard InChI is InChI=1S/C15H15N5O2/c1-18-9-11(8-16-18)20-7-6-19(10-14(20)21)15-17-12-4-2-3-5-13(12)22-15/h2-5,8-9H,6-7,10H2,1H3. The number of carbonyl (C=O) groups excluding carboxylic acids is 1.